The van der Waals surface area contributed by atoms with E-state index in [0.717, 1.165) is 18.8 Å². The van der Waals surface area contributed by atoms with E-state index in [1.807, 2.05) is 44.0 Å². The minimum Gasteiger partial charge on any atom is -0.343 e. The summed E-state index contributed by atoms with van der Waals surface area (Å²) in [5.41, 5.74) is 6.82. The number of hydrogen-bond acceptors (Lipinski definition) is 4. The van der Waals surface area contributed by atoms with E-state index in [-0.39, 0.29) is 11.9 Å². The summed E-state index contributed by atoms with van der Waals surface area (Å²) in [6.07, 6.45) is 2.24. The number of nitrogens with zero attached hydrogens (tertiary/aromatic N) is 3. The van der Waals surface area contributed by atoms with Gasteiger partial charge in [0.1, 0.15) is 0 Å². The normalized spacial score (nSPS) is 12.4. The first-order valence-corrected chi connectivity index (χ1v) is 7.20. The molecule has 2 N–H and O–H groups in total. The van der Waals surface area contributed by atoms with Crippen LogP contribution in [0.5, 0.6) is 0 Å². The lowest BCUT2D eigenvalue weighted by molar-refractivity contribution is -0.132. The van der Waals surface area contributed by atoms with Crippen LogP contribution in [0, 0.1) is 0 Å². The molecular formula is C15H26N4O. The second-order valence-electron chi connectivity index (χ2n) is 4.90. The van der Waals surface area contributed by atoms with Crippen molar-refractivity contribution in [3.8, 4) is 0 Å². The summed E-state index contributed by atoms with van der Waals surface area (Å²) in [5.74, 6) is 0.165. The molecule has 0 saturated carbocycles. The van der Waals surface area contributed by atoms with Crippen molar-refractivity contribution in [3.63, 3.8) is 0 Å². The standard InChI is InChI=1S/C15H26N4O/c1-4-19(5-2)15(20)10-14(11-16)18(3)12-13-8-6-7-9-17-13/h6-9,14H,4-5,10-12,16H2,1-3H3. The van der Waals surface area contributed by atoms with Crippen molar-refractivity contribution in [2.45, 2.75) is 32.9 Å². The average Bonchev–Trinajstić information content (AvgIpc) is 2.47. The van der Waals surface area contributed by atoms with E-state index < -0.39 is 0 Å². The Labute approximate surface area is 121 Å². The van der Waals surface area contributed by atoms with E-state index in [0.29, 0.717) is 19.5 Å². The number of carbonyl (C=O) groups is 1. The van der Waals surface area contributed by atoms with Gasteiger partial charge >= 0.3 is 0 Å². The summed E-state index contributed by atoms with van der Waals surface area (Å²) in [6, 6.07) is 5.89. The van der Waals surface area contributed by atoms with Gasteiger partial charge in [0.25, 0.3) is 0 Å². The Morgan fingerprint density at radius 1 is 1.35 bits per heavy atom. The first kappa shape index (κ1) is 16.6. The second-order valence-corrected chi connectivity index (χ2v) is 4.90. The van der Waals surface area contributed by atoms with E-state index in [1.165, 1.54) is 0 Å². The molecule has 20 heavy (non-hydrogen) atoms. The molecule has 1 heterocycles. The zero-order chi connectivity index (χ0) is 15.0. The van der Waals surface area contributed by atoms with E-state index in [2.05, 4.69) is 9.88 Å². The summed E-state index contributed by atoms with van der Waals surface area (Å²) in [6.45, 7) is 6.66. The van der Waals surface area contributed by atoms with Crippen molar-refractivity contribution in [1.82, 2.24) is 14.8 Å². The van der Waals surface area contributed by atoms with Crippen LogP contribution in [0.15, 0.2) is 24.4 Å². The summed E-state index contributed by atoms with van der Waals surface area (Å²) in [7, 11) is 1.99. The summed E-state index contributed by atoms with van der Waals surface area (Å²) >= 11 is 0. The zero-order valence-corrected chi connectivity index (χ0v) is 12.7. The summed E-state index contributed by atoms with van der Waals surface area (Å²) in [5, 5.41) is 0. The van der Waals surface area contributed by atoms with Gasteiger partial charge < -0.3 is 10.6 Å². The van der Waals surface area contributed by atoms with Crippen molar-refractivity contribution >= 4 is 5.91 Å². The number of likely N-dealkylation sites (N-methyl/N-ethyl adjacent to an activating group) is 1. The Morgan fingerprint density at radius 3 is 2.55 bits per heavy atom. The maximum Gasteiger partial charge on any atom is 0.224 e. The van der Waals surface area contributed by atoms with Crippen LogP contribution in [0.3, 0.4) is 0 Å². The Morgan fingerprint density at radius 2 is 2.05 bits per heavy atom. The molecule has 0 bridgehead atoms. The monoisotopic (exact) mass is 278 g/mol. The molecular weight excluding hydrogens is 252 g/mol. The molecule has 0 aromatic carbocycles. The van der Waals surface area contributed by atoms with Gasteiger partial charge in [-0.15, -0.1) is 0 Å². The molecule has 112 valence electrons. The first-order valence-electron chi connectivity index (χ1n) is 7.20. The minimum absolute atomic E-state index is 0.0464. The SMILES string of the molecule is CCN(CC)C(=O)CC(CN)N(C)Cc1ccccn1. The van der Waals surface area contributed by atoms with E-state index in [4.69, 9.17) is 5.73 Å². The van der Waals surface area contributed by atoms with Crippen LogP contribution in [-0.2, 0) is 11.3 Å². The molecule has 0 saturated heterocycles. The van der Waals surface area contributed by atoms with Crippen LogP contribution < -0.4 is 5.73 Å². The van der Waals surface area contributed by atoms with E-state index in [9.17, 15) is 4.79 Å². The number of pyridine rings is 1. The Hall–Kier alpha value is -1.46. The number of carbonyl (C=O) groups excluding carboxylic acids is 1. The second kappa shape index (κ2) is 8.66. The average molecular weight is 278 g/mol. The van der Waals surface area contributed by atoms with Gasteiger partial charge in [-0.2, -0.15) is 0 Å². The largest absolute Gasteiger partial charge is 0.343 e. The number of nitrogens with two attached hydrogens (primary N) is 1. The van der Waals surface area contributed by atoms with Crippen molar-refractivity contribution in [1.29, 1.82) is 0 Å². The molecule has 1 unspecified atom stereocenters. The molecule has 1 aromatic rings. The van der Waals surface area contributed by atoms with Gasteiger partial charge in [0, 0.05) is 44.8 Å². The van der Waals surface area contributed by atoms with Crippen LogP contribution in [-0.4, -0.2) is 53.4 Å². The van der Waals surface area contributed by atoms with Gasteiger partial charge in [0.15, 0.2) is 0 Å². The lowest BCUT2D eigenvalue weighted by Crippen LogP contribution is -2.42. The third-order valence-corrected chi connectivity index (χ3v) is 3.56. The Bertz CT molecular complexity index is 392. The maximum absolute atomic E-state index is 12.2. The number of aromatic nitrogens is 1. The number of rotatable bonds is 8. The molecule has 1 atom stereocenters. The highest BCUT2D eigenvalue weighted by atomic mass is 16.2. The highest BCUT2D eigenvalue weighted by Gasteiger charge is 2.20. The van der Waals surface area contributed by atoms with Crippen LogP contribution in [0.1, 0.15) is 26.0 Å². The van der Waals surface area contributed by atoms with Gasteiger partial charge in [-0.3, -0.25) is 14.7 Å². The predicted molar refractivity (Wildman–Crippen MR) is 81.1 cm³/mol. The summed E-state index contributed by atoms with van der Waals surface area (Å²) in [4.78, 5) is 20.4. The Balaban J connectivity index is 2.59. The molecule has 1 amide bonds. The van der Waals surface area contributed by atoms with Gasteiger partial charge in [-0.25, -0.2) is 0 Å². The van der Waals surface area contributed by atoms with Crippen LogP contribution in [0.25, 0.3) is 0 Å². The van der Waals surface area contributed by atoms with Crippen molar-refractivity contribution < 1.29 is 4.79 Å². The van der Waals surface area contributed by atoms with Crippen molar-refractivity contribution in [2.75, 3.05) is 26.7 Å². The lowest BCUT2D eigenvalue weighted by atomic mass is 10.1. The van der Waals surface area contributed by atoms with Gasteiger partial charge in [0.2, 0.25) is 5.91 Å². The number of amides is 1. The molecule has 0 aliphatic heterocycles. The molecule has 5 nitrogen and oxygen atoms in total. The molecule has 0 radical (unpaired) electrons. The van der Waals surface area contributed by atoms with Crippen LogP contribution in [0.4, 0.5) is 0 Å². The van der Waals surface area contributed by atoms with Gasteiger partial charge in [0.05, 0.1) is 5.69 Å². The smallest absolute Gasteiger partial charge is 0.224 e. The third-order valence-electron chi connectivity index (χ3n) is 3.56. The molecule has 0 aliphatic rings. The van der Waals surface area contributed by atoms with Crippen LogP contribution in [0.2, 0.25) is 0 Å². The van der Waals surface area contributed by atoms with Gasteiger partial charge in [-0.05, 0) is 33.0 Å². The molecule has 1 rings (SSSR count). The molecule has 0 spiro atoms. The molecule has 0 aliphatic carbocycles. The topological polar surface area (TPSA) is 62.5 Å². The molecule has 1 aromatic heterocycles. The van der Waals surface area contributed by atoms with Gasteiger partial charge in [-0.1, -0.05) is 6.07 Å². The number of hydrogen-bond donors (Lipinski definition) is 1. The first-order chi connectivity index (χ1) is 9.62. The fraction of sp³-hybridized carbons (Fsp3) is 0.600. The molecule has 5 heteroatoms. The maximum atomic E-state index is 12.2. The summed E-state index contributed by atoms with van der Waals surface area (Å²) < 4.78 is 0. The fourth-order valence-electron chi connectivity index (χ4n) is 2.20. The van der Waals surface area contributed by atoms with E-state index in [1.54, 1.807) is 6.20 Å². The Kier molecular flexibility index (Phi) is 7.18. The van der Waals surface area contributed by atoms with E-state index >= 15 is 0 Å². The fourth-order valence-corrected chi connectivity index (χ4v) is 2.20. The zero-order valence-electron chi connectivity index (χ0n) is 12.7. The predicted octanol–water partition coefficient (Wildman–Crippen LogP) is 1.10. The quantitative estimate of drug-likeness (QED) is 0.773. The van der Waals surface area contributed by atoms with Crippen molar-refractivity contribution in [2.24, 2.45) is 5.73 Å². The van der Waals surface area contributed by atoms with Crippen LogP contribution >= 0.6 is 0 Å². The minimum atomic E-state index is 0.0464. The third kappa shape index (κ3) is 4.90. The highest BCUT2D eigenvalue weighted by molar-refractivity contribution is 5.76. The highest BCUT2D eigenvalue weighted by Crippen LogP contribution is 2.08. The van der Waals surface area contributed by atoms with Crippen molar-refractivity contribution in [3.05, 3.63) is 30.1 Å². The molecule has 0 fully saturated rings. The lowest BCUT2D eigenvalue weighted by Gasteiger charge is -2.28.